The lowest BCUT2D eigenvalue weighted by molar-refractivity contribution is -0.131. The normalized spacial score (nSPS) is 12.3. The zero-order chi connectivity index (χ0) is 15.1. The maximum Gasteiger partial charge on any atom is 0.328 e. The van der Waals surface area contributed by atoms with Crippen LogP contribution in [0.25, 0.3) is 6.08 Å². The highest BCUT2D eigenvalue weighted by molar-refractivity contribution is 5.94. The first-order valence-electron chi connectivity index (χ1n) is 6.59. The van der Waals surface area contributed by atoms with Gasteiger partial charge in [0.1, 0.15) is 0 Å². The van der Waals surface area contributed by atoms with Crippen LogP contribution in [0.4, 0.5) is 0 Å². The van der Waals surface area contributed by atoms with Crippen LogP contribution in [-0.2, 0) is 4.79 Å². The summed E-state index contributed by atoms with van der Waals surface area (Å²) in [6.07, 6.45) is 7.41. The molecular formula is C15H20N2O3. The van der Waals surface area contributed by atoms with E-state index in [1.807, 2.05) is 6.92 Å². The second-order valence-electron chi connectivity index (χ2n) is 4.73. The molecule has 108 valence electrons. The Morgan fingerprint density at radius 3 is 2.75 bits per heavy atom. The van der Waals surface area contributed by atoms with Crippen molar-refractivity contribution in [1.82, 2.24) is 9.88 Å². The Kier molecular flexibility index (Phi) is 5.90. The van der Waals surface area contributed by atoms with E-state index in [-0.39, 0.29) is 11.9 Å². The summed E-state index contributed by atoms with van der Waals surface area (Å²) in [5, 5.41) is 8.59. The monoisotopic (exact) mass is 276 g/mol. The number of hydrogen-bond acceptors (Lipinski definition) is 3. The minimum absolute atomic E-state index is 0.107. The Hall–Kier alpha value is -2.17. The summed E-state index contributed by atoms with van der Waals surface area (Å²) in [7, 11) is 1.77. The second-order valence-corrected chi connectivity index (χ2v) is 4.73. The van der Waals surface area contributed by atoms with E-state index in [1.54, 1.807) is 18.0 Å². The third kappa shape index (κ3) is 4.50. The van der Waals surface area contributed by atoms with Gasteiger partial charge in [-0.15, -0.1) is 0 Å². The lowest BCUT2D eigenvalue weighted by Crippen LogP contribution is -2.35. The predicted octanol–water partition coefficient (Wildman–Crippen LogP) is 2.44. The van der Waals surface area contributed by atoms with Gasteiger partial charge in [-0.1, -0.05) is 13.3 Å². The fourth-order valence-corrected chi connectivity index (χ4v) is 1.85. The molecule has 5 nitrogen and oxygen atoms in total. The second kappa shape index (κ2) is 7.43. The van der Waals surface area contributed by atoms with Crippen molar-refractivity contribution in [3.8, 4) is 0 Å². The Morgan fingerprint density at radius 2 is 2.15 bits per heavy atom. The van der Waals surface area contributed by atoms with Crippen molar-refractivity contribution in [2.75, 3.05) is 7.05 Å². The van der Waals surface area contributed by atoms with Crippen LogP contribution in [0.3, 0.4) is 0 Å². The van der Waals surface area contributed by atoms with E-state index in [1.165, 1.54) is 18.5 Å². The quantitative estimate of drug-likeness (QED) is 0.810. The minimum Gasteiger partial charge on any atom is -0.478 e. The van der Waals surface area contributed by atoms with E-state index in [4.69, 9.17) is 5.11 Å². The maximum atomic E-state index is 12.3. The van der Waals surface area contributed by atoms with Gasteiger partial charge in [-0.3, -0.25) is 9.78 Å². The van der Waals surface area contributed by atoms with Crippen LogP contribution in [0.15, 0.2) is 24.5 Å². The first kappa shape index (κ1) is 15.9. The van der Waals surface area contributed by atoms with Crippen LogP contribution >= 0.6 is 0 Å². The predicted molar refractivity (Wildman–Crippen MR) is 77.4 cm³/mol. The molecule has 0 spiro atoms. The van der Waals surface area contributed by atoms with Gasteiger partial charge in [-0.2, -0.15) is 0 Å². The summed E-state index contributed by atoms with van der Waals surface area (Å²) in [4.78, 5) is 28.4. The summed E-state index contributed by atoms with van der Waals surface area (Å²) in [6, 6.07) is 1.80. The topological polar surface area (TPSA) is 70.5 Å². The third-order valence-corrected chi connectivity index (χ3v) is 3.11. The number of aliphatic carboxylic acids is 1. The number of carbonyl (C=O) groups excluding carboxylic acids is 1. The molecular weight excluding hydrogens is 256 g/mol. The minimum atomic E-state index is -1.03. The molecule has 1 atom stereocenters. The number of hydrogen-bond donors (Lipinski definition) is 1. The van der Waals surface area contributed by atoms with Gasteiger partial charge in [0.25, 0.3) is 5.91 Å². The molecule has 0 radical (unpaired) electrons. The summed E-state index contributed by atoms with van der Waals surface area (Å²) < 4.78 is 0. The van der Waals surface area contributed by atoms with Gasteiger partial charge in [0, 0.05) is 31.6 Å². The van der Waals surface area contributed by atoms with Gasteiger partial charge >= 0.3 is 5.97 Å². The Balaban J connectivity index is 2.88. The Bertz CT molecular complexity index is 512. The molecule has 0 aliphatic heterocycles. The molecule has 1 heterocycles. The average Bonchev–Trinajstić information content (AvgIpc) is 2.44. The maximum absolute atomic E-state index is 12.3. The van der Waals surface area contributed by atoms with Crippen molar-refractivity contribution in [2.24, 2.45) is 0 Å². The van der Waals surface area contributed by atoms with E-state index in [0.717, 1.165) is 18.9 Å². The van der Waals surface area contributed by atoms with E-state index < -0.39 is 5.97 Å². The van der Waals surface area contributed by atoms with E-state index in [2.05, 4.69) is 11.9 Å². The number of aromatic nitrogens is 1. The molecule has 0 saturated carbocycles. The molecule has 5 heteroatoms. The summed E-state index contributed by atoms with van der Waals surface area (Å²) in [5.74, 6) is -1.14. The molecule has 1 aromatic rings. The number of rotatable bonds is 6. The molecule has 0 bridgehead atoms. The van der Waals surface area contributed by atoms with Crippen LogP contribution < -0.4 is 0 Å². The highest BCUT2D eigenvalue weighted by atomic mass is 16.4. The first-order chi connectivity index (χ1) is 9.45. The molecule has 1 aromatic heterocycles. The average molecular weight is 276 g/mol. The van der Waals surface area contributed by atoms with Crippen molar-refractivity contribution < 1.29 is 14.7 Å². The van der Waals surface area contributed by atoms with Crippen molar-refractivity contribution in [2.45, 2.75) is 32.7 Å². The van der Waals surface area contributed by atoms with Crippen molar-refractivity contribution in [1.29, 1.82) is 0 Å². The van der Waals surface area contributed by atoms with Crippen molar-refractivity contribution in [3.05, 3.63) is 35.7 Å². The zero-order valence-corrected chi connectivity index (χ0v) is 12.0. The largest absolute Gasteiger partial charge is 0.478 e. The van der Waals surface area contributed by atoms with Gasteiger partial charge in [-0.05, 0) is 31.1 Å². The lowest BCUT2D eigenvalue weighted by atomic mass is 10.1. The SMILES string of the molecule is CCCC(C)N(C)C(=O)c1cncc(C=CC(=O)O)c1. The summed E-state index contributed by atoms with van der Waals surface area (Å²) in [5.41, 5.74) is 1.05. The lowest BCUT2D eigenvalue weighted by Gasteiger charge is -2.24. The molecule has 0 aliphatic rings. The Morgan fingerprint density at radius 1 is 1.45 bits per heavy atom. The zero-order valence-electron chi connectivity index (χ0n) is 12.0. The molecule has 0 aliphatic carbocycles. The number of carboxylic acids is 1. The highest BCUT2D eigenvalue weighted by Gasteiger charge is 2.17. The van der Waals surface area contributed by atoms with Gasteiger partial charge in [0.15, 0.2) is 0 Å². The molecule has 1 rings (SSSR count). The highest BCUT2D eigenvalue weighted by Crippen LogP contribution is 2.11. The smallest absolute Gasteiger partial charge is 0.328 e. The fraction of sp³-hybridized carbons (Fsp3) is 0.400. The number of carbonyl (C=O) groups is 2. The van der Waals surface area contributed by atoms with Crippen LogP contribution in [-0.4, -0.2) is 40.0 Å². The number of amides is 1. The fourth-order valence-electron chi connectivity index (χ4n) is 1.85. The molecule has 1 amide bonds. The number of pyridine rings is 1. The van der Waals surface area contributed by atoms with Crippen LogP contribution in [0.5, 0.6) is 0 Å². The first-order valence-corrected chi connectivity index (χ1v) is 6.59. The molecule has 1 N–H and O–H groups in total. The molecule has 1 unspecified atom stereocenters. The summed E-state index contributed by atoms with van der Waals surface area (Å²) in [6.45, 7) is 4.08. The third-order valence-electron chi connectivity index (χ3n) is 3.11. The van der Waals surface area contributed by atoms with Gasteiger partial charge in [0.05, 0.1) is 5.56 Å². The molecule has 0 fully saturated rings. The van der Waals surface area contributed by atoms with Crippen molar-refractivity contribution in [3.63, 3.8) is 0 Å². The number of nitrogens with zero attached hydrogens (tertiary/aromatic N) is 2. The summed E-state index contributed by atoms with van der Waals surface area (Å²) >= 11 is 0. The van der Waals surface area contributed by atoms with Crippen LogP contribution in [0.1, 0.15) is 42.6 Å². The van der Waals surface area contributed by atoms with Crippen molar-refractivity contribution >= 4 is 18.0 Å². The van der Waals surface area contributed by atoms with E-state index in [0.29, 0.717) is 11.1 Å². The van der Waals surface area contributed by atoms with E-state index >= 15 is 0 Å². The van der Waals surface area contributed by atoms with E-state index in [9.17, 15) is 9.59 Å². The molecule has 0 saturated heterocycles. The molecule has 0 aromatic carbocycles. The van der Waals surface area contributed by atoms with Crippen LogP contribution in [0.2, 0.25) is 0 Å². The van der Waals surface area contributed by atoms with Gasteiger partial charge in [0.2, 0.25) is 0 Å². The van der Waals surface area contributed by atoms with Gasteiger partial charge < -0.3 is 10.0 Å². The number of carboxylic acid groups (broad SMARTS) is 1. The Labute approximate surface area is 118 Å². The van der Waals surface area contributed by atoms with Gasteiger partial charge in [-0.25, -0.2) is 4.79 Å². The standard InChI is InChI=1S/C15H20N2O3/c1-4-5-11(2)17(3)15(20)13-8-12(9-16-10-13)6-7-14(18)19/h6-11H,4-5H2,1-3H3,(H,18,19). The molecule has 20 heavy (non-hydrogen) atoms. The van der Waals surface area contributed by atoms with Crippen LogP contribution in [0, 0.1) is 0 Å².